The van der Waals surface area contributed by atoms with Crippen LogP contribution in [0, 0.1) is 0 Å². The van der Waals surface area contributed by atoms with Crippen LogP contribution in [-0.2, 0) is 16.1 Å². The molecule has 3 fully saturated rings. The monoisotopic (exact) mass is 417 g/mol. The molecule has 3 aliphatic heterocycles. The predicted octanol–water partition coefficient (Wildman–Crippen LogP) is 0.812. The minimum Gasteiger partial charge on any atom is -0.353 e. The number of likely N-dealkylation sites (tertiary alicyclic amines) is 1. The van der Waals surface area contributed by atoms with E-state index in [-0.39, 0.29) is 18.2 Å². The second-order valence-corrected chi connectivity index (χ2v) is 9.33. The fourth-order valence-electron chi connectivity index (χ4n) is 4.62. The van der Waals surface area contributed by atoms with Gasteiger partial charge in [-0.1, -0.05) is 6.07 Å². The maximum atomic E-state index is 13.0. The van der Waals surface area contributed by atoms with Crippen LogP contribution in [0.25, 0.3) is 0 Å². The number of hydrogen-bond donors (Lipinski definition) is 1. The van der Waals surface area contributed by atoms with Crippen molar-refractivity contribution in [2.24, 2.45) is 0 Å². The second kappa shape index (κ2) is 9.91. The van der Waals surface area contributed by atoms with Gasteiger partial charge in [-0.3, -0.25) is 24.4 Å². The molecule has 7 nitrogen and oxygen atoms in total. The fourth-order valence-corrected chi connectivity index (χ4v) is 5.55. The molecule has 0 aromatic carbocycles. The number of pyridine rings is 1. The summed E-state index contributed by atoms with van der Waals surface area (Å²) >= 11 is 2.04. The standard InChI is InChI=1S/C21H31N5O2S/c27-20(25-7-3-18(4-8-25)24-10-12-29-13-11-24)14-19-21(28)23-6-9-26(19)16-17-2-1-5-22-15-17/h1-2,5,15,18-19H,3-4,6-14,16H2,(H,23,28)/t19-/m0/s1. The summed E-state index contributed by atoms with van der Waals surface area (Å²) in [5, 5.41) is 2.93. The average Bonchev–Trinajstić information content (AvgIpc) is 2.77. The molecule has 0 saturated carbocycles. The first kappa shape index (κ1) is 20.6. The van der Waals surface area contributed by atoms with Crippen molar-refractivity contribution in [2.45, 2.75) is 37.9 Å². The van der Waals surface area contributed by atoms with Gasteiger partial charge in [0.25, 0.3) is 0 Å². The number of aromatic nitrogens is 1. The normalized spacial score (nSPS) is 25.0. The number of rotatable bonds is 5. The van der Waals surface area contributed by atoms with Crippen LogP contribution >= 0.6 is 11.8 Å². The van der Waals surface area contributed by atoms with E-state index in [0.29, 0.717) is 19.1 Å². The molecule has 3 aliphatic rings. The number of amides is 2. The van der Waals surface area contributed by atoms with E-state index in [2.05, 4.69) is 20.1 Å². The van der Waals surface area contributed by atoms with Gasteiger partial charge in [-0.15, -0.1) is 0 Å². The van der Waals surface area contributed by atoms with Crippen LogP contribution in [-0.4, -0.2) is 94.4 Å². The molecule has 4 heterocycles. The largest absolute Gasteiger partial charge is 0.353 e. The quantitative estimate of drug-likeness (QED) is 0.765. The van der Waals surface area contributed by atoms with Crippen molar-refractivity contribution in [1.82, 2.24) is 25.0 Å². The van der Waals surface area contributed by atoms with E-state index < -0.39 is 6.04 Å². The van der Waals surface area contributed by atoms with Crippen molar-refractivity contribution in [3.8, 4) is 0 Å². The minimum absolute atomic E-state index is 0.0332. The molecule has 158 valence electrons. The molecule has 0 aliphatic carbocycles. The first-order valence-electron chi connectivity index (χ1n) is 10.7. The lowest BCUT2D eigenvalue weighted by Gasteiger charge is -2.41. The van der Waals surface area contributed by atoms with E-state index in [1.54, 1.807) is 6.20 Å². The highest BCUT2D eigenvalue weighted by molar-refractivity contribution is 7.99. The van der Waals surface area contributed by atoms with Gasteiger partial charge >= 0.3 is 0 Å². The van der Waals surface area contributed by atoms with E-state index in [9.17, 15) is 9.59 Å². The molecule has 0 bridgehead atoms. The molecule has 1 aromatic rings. The highest BCUT2D eigenvalue weighted by Gasteiger charge is 2.34. The van der Waals surface area contributed by atoms with Gasteiger partial charge in [0, 0.05) is 75.8 Å². The number of carbonyl (C=O) groups excluding carboxylic acids is 2. The lowest BCUT2D eigenvalue weighted by Crippen LogP contribution is -2.57. The van der Waals surface area contributed by atoms with E-state index in [1.807, 2.05) is 35.0 Å². The van der Waals surface area contributed by atoms with Crippen molar-refractivity contribution >= 4 is 23.6 Å². The van der Waals surface area contributed by atoms with Crippen molar-refractivity contribution in [3.05, 3.63) is 30.1 Å². The van der Waals surface area contributed by atoms with Crippen LogP contribution in [0.1, 0.15) is 24.8 Å². The lowest BCUT2D eigenvalue weighted by atomic mass is 10.0. The zero-order chi connectivity index (χ0) is 20.1. The van der Waals surface area contributed by atoms with Crippen LogP contribution in [0.5, 0.6) is 0 Å². The third-order valence-corrected chi connectivity index (χ3v) is 7.24. The van der Waals surface area contributed by atoms with Crippen LogP contribution in [0.4, 0.5) is 0 Å². The Morgan fingerprint density at radius 2 is 1.97 bits per heavy atom. The zero-order valence-corrected chi connectivity index (χ0v) is 17.8. The van der Waals surface area contributed by atoms with Crippen LogP contribution in [0.15, 0.2) is 24.5 Å². The molecule has 0 radical (unpaired) electrons. The Kier molecular flexibility index (Phi) is 7.05. The predicted molar refractivity (Wildman–Crippen MR) is 115 cm³/mol. The Morgan fingerprint density at radius 3 is 2.69 bits per heavy atom. The summed E-state index contributed by atoms with van der Waals surface area (Å²) in [5.41, 5.74) is 1.07. The van der Waals surface area contributed by atoms with E-state index >= 15 is 0 Å². The summed E-state index contributed by atoms with van der Waals surface area (Å²) < 4.78 is 0. The van der Waals surface area contributed by atoms with Gasteiger partial charge in [-0.25, -0.2) is 0 Å². The zero-order valence-electron chi connectivity index (χ0n) is 17.0. The molecule has 4 rings (SSSR count). The number of piperazine rings is 1. The Balaban J connectivity index is 1.31. The van der Waals surface area contributed by atoms with E-state index in [4.69, 9.17) is 0 Å². The van der Waals surface area contributed by atoms with Crippen LogP contribution in [0.2, 0.25) is 0 Å². The third kappa shape index (κ3) is 5.29. The first-order chi connectivity index (χ1) is 14.2. The number of thioether (sulfide) groups is 1. The molecule has 2 amide bonds. The summed E-state index contributed by atoms with van der Waals surface area (Å²) in [4.78, 5) is 36.4. The fraction of sp³-hybridized carbons (Fsp3) is 0.667. The highest BCUT2D eigenvalue weighted by atomic mass is 32.2. The van der Waals surface area contributed by atoms with Gasteiger partial charge < -0.3 is 10.2 Å². The average molecular weight is 418 g/mol. The van der Waals surface area contributed by atoms with Gasteiger partial charge in [0.15, 0.2) is 0 Å². The lowest BCUT2D eigenvalue weighted by molar-refractivity contribution is -0.140. The van der Waals surface area contributed by atoms with Gasteiger partial charge in [-0.2, -0.15) is 11.8 Å². The van der Waals surface area contributed by atoms with Crippen LogP contribution in [0.3, 0.4) is 0 Å². The van der Waals surface area contributed by atoms with E-state index in [0.717, 1.165) is 38.0 Å². The smallest absolute Gasteiger partial charge is 0.237 e. The molecule has 1 N–H and O–H groups in total. The molecule has 1 atom stereocenters. The van der Waals surface area contributed by atoms with Gasteiger partial charge in [0.05, 0.1) is 12.5 Å². The summed E-state index contributed by atoms with van der Waals surface area (Å²) in [6, 6.07) is 4.14. The first-order valence-corrected chi connectivity index (χ1v) is 11.9. The Labute approximate surface area is 177 Å². The van der Waals surface area contributed by atoms with Crippen molar-refractivity contribution in [1.29, 1.82) is 0 Å². The Morgan fingerprint density at radius 1 is 1.17 bits per heavy atom. The Hall–Kier alpha value is -1.64. The van der Waals surface area contributed by atoms with Crippen LogP contribution < -0.4 is 5.32 Å². The summed E-state index contributed by atoms with van der Waals surface area (Å²) in [6.07, 6.45) is 5.94. The van der Waals surface area contributed by atoms with Crippen molar-refractivity contribution < 1.29 is 9.59 Å². The minimum atomic E-state index is -0.395. The van der Waals surface area contributed by atoms with Crippen molar-refractivity contribution in [2.75, 3.05) is 50.8 Å². The molecule has 0 unspecified atom stereocenters. The molecule has 1 aromatic heterocycles. The SMILES string of the molecule is O=C1NCCN(Cc2cccnc2)[C@H]1CC(=O)N1CCC(N2CCSCC2)CC1. The van der Waals surface area contributed by atoms with Crippen molar-refractivity contribution in [3.63, 3.8) is 0 Å². The Bertz CT molecular complexity index is 690. The second-order valence-electron chi connectivity index (χ2n) is 8.10. The van der Waals surface area contributed by atoms with Gasteiger partial charge in [0.2, 0.25) is 11.8 Å². The molecule has 0 spiro atoms. The molecular formula is C21H31N5O2S. The molecule has 29 heavy (non-hydrogen) atoms. The molecule has 8 heteroatoms. The number of nitrogens with zero attached hydrogens (tertiary/aromatic N) is 4. The maximum Gasteiger partial charge on any atom is 0.237 e. The number of nitrogens with one attached hydrogen (secondary N) is 1. The highest BCUT2D eigenvalue weighted by Crippen LogP contribution is 2.22. The molecule has 3 saturated heterocycles. The number of carbonyl (C=O) groups is 2. The maximum absolute atomic E-state index is 13.0. The van der Waals surface area contributed by atoms with Gasteiger partial charge in [0.1, 0.15) is 0 Å². The molecular weight excluding hydrogens is 386 g/mol. The third-order valence-electron chi connectivity index (χ3n) is 6.30. The summed E-state index contributed by atoms with van der Waals surface area (Å²) in [5.74, 6) is 2.52. The van der Waals surface area contributed by atoms with Gasteiger partial charge in [-0.05, 0) is 24.5 Å². The van der Waals surface area contributed by atoms with E-state index in [1.165, 1.54) is 24.6 Å². The number of piperidine rings is 1. The topological polar surface area (TPSA) is 68.8 Å². The number of hydrogen-bond acceptors (Lipinski definition) is 6. The summed E-state index contributed by atoms with van der Waals surface area (Å²) in [6.45, 7) is 6.00. The summed E-state index contributed by atoms with van der Waals surface area (Å²) in [7, 11) is 0.